The zero-order valence-electron chi connectivity index (χ0n) is 10.5. The topological polar surface area (TPSA) is 26.3 Å². The molecule has 0 unspecified atom stereocenters. The summed E-state index contributed by atoms with van der Waals surface area (Å²) in [5, 5.41) is 0. The fraction of sp³-hybridized carbons (Fsp3) is 0.0625. The lowest BCUT2D eigenvalue weighted by Crippen LogP contribution is -2.04. The maximum Gasteiger partial charge on any atom is 0.336 e. The highest BCUT2D eigenvalue weighted by molar-refractivity contribution is 5.92. The van der Waals surface area contributed by atoms with Gasteiger partial charge in [-0.3, -0.25) is 0 Å². The summed E-state index contributed by atoms with van der Waals surface area (Å²) >= 11 is 0. The van der Waals surface area contributed by atoms with E-state index in [2.05, 4.69) is 0 Å². The van der Waals surface area contributed by atoms with Crippen molar-refractivity contribution in [3.05, 3.63) is 72.1 Å². The van der Waals surface area contributed by atoms with Gasteiger partial charge in [-0.2, -0.15) is 0 Å². The first-order chi connectivity index (χ1) is 9.15. The Morgan fingerprint density at radius 1 is 1.05 bits per heavy atom. The first kappa shape index (κ1) is 13.0. The highest BCUT2D eigenvalue weighted by Gasteiger charge is 2.03. The van der Waals surface area contributed by atoms with Crippen LogP contribution in [0.3, 0.4) is 0 Å². The lowest BCUT2D eigenvalue weighted by Gasteiger charge is -2.03. The van der Waals surface area contributed by atoms with Gasteiger partial charge < -0.3 is 4.74 Å². The van der Waals surface area contributed by atoms with Crippen molar-refractivity contribution in [1.82, 2.24) is 0 Å². The Labute approximate surface area is 111 Å². The van der Waals surface area contributed by atoms with Crippen LogP contribution >= 0.6 is 0 Å². The van der Waals surface area contributed by atoms with Crippen molar-refractivity contribution in [3.63, 3.8) is 0 Å². The van der Waals surface area contributed by atoms with Crippen LogP contribution in [0.1, 0.15) is 12.5 Å². The maximum absolute atomic E-state index is 12.7. The molecule has 0 saturated heterocycles. The third-order valence-corrected chi connectivity index (χ3v) is 2.60. The minimum Gasteiger partial charge on any atom is -0.423 e. The number of carbonyl (C=O) groups is 1. The molecule has 0 aliphatic rings. The van der Waals surface area contributed by atoms with Crippen molar-refractivity contribution in [2.24, 2.45) is 0 Å². The third kappa shape index (κ3) is 3.78. The van der Waals surface area contributed by atoms with E-state index >= 15 is 0 Å². The molecule has 0 aliphatic heterocycles. The average molecular weight is 256 g/mol. The summed E-state index contributed by atoms with van der Waals surface area (Å²) in [6.45, 7) is 1.83. The highest BCUT2D eigenvalue weighted by atomic mass is 19.1. The second-order valence-corrected chi connectivity index (χ2v) is 4.07. The number of carbonyl (C=O) groups excluding carboxylic acids is 1. The predicted molar refractivity (Wildman–Crippen MR) is 72.1 cm³/mol. The summed E-state index contributed by atoms with van der Waals surface area (Å²) in [6.07, 6.45) is 1.42. The zero-order chi connectivity index (χ0) is 13.7. The molecular formula is C16H13FO2. The average Bonchev–Trinajstić information content (AvgIpc) is 2.42. The maximum atomic E-state index is 12.7. The minimum atomic E-state index is -0.479. The number of halogens is 1. The van der Waals surface area contributed by atoms with E-state index in [1.165, 1.54) is 30.3 Å². The Balaban J connectivity index is 2.07. The number of benzene rings is 2. The van der Waals surface area contributed by atoms with Crippen LogP contribution in [-0.4, -0.2) is 5.97 Å². The van der Waals surface area contributed by atoms with Gasteiger partial charge in [0, 0.05) is 6.08 Å². The van der Waals surface area contributed by atoms with Crippen molar-refractivity contribution in [3.8, 4) is 5.75 Å². The van der Waals surface area contributed by atoms with Crippen molar-refractivity contribution < 1.29 is 13.9 Å². The van der Waals surface area contributed by atoms with Crippen LogP contribution in [0.4, 0.5) is 4.39 Å². The predicted octanol–water partition coefficient (Wildman–Crippen LogP) is 3.83. The van der Waals surface area contributed by atoms with Gasteiger partial charge in [0.2, 0.25) is 0 Å². The van der Waals surface area contributed by atoms with Crippen LogP contribution in [0, 0.1) is 5.82 Å². The monoisotopic (exact) mass is 256 g/mol. The molecule has 0 spiro atoms. The summed E-state index contributed by atoms with van der Waals surface area (Å²) in [5.41, 5.74) is 1.77. The number of allylic oxidation sites excluding steroid dienone is 1. The van der Waals surface area contributed by atoms with Crippen molar-refractivity contribution in [2.75, 3.05) is 0 Å². The second kappa shape index (κ2) is 5.96. The van der Waals surface area contributed by atoms with E-state index in [9.17, 15) is 9.18 Å². The first-order valence-corrected chi connectivity index (χ1v) is 5.86. The van der Waals surface area contributed by atoms with E-state index in [4.69, 9.17) is 4.74 Å². The zero-order valence-corrected chi connectivity index (χ0v) is 10.5. The quantitative estimate of drug-likeness (QED) is 0.474. The van der Waals surface area contributed by atoms with E-state index in [0.29, 0.717) is 5.75 Å². The molecule has 0 saturated carbocycles. The van der Waals surface area contributed by atoms with Gasteiger partial charge in [0.15, 0.2) is 0 Å². The molecule has 2 aromatic carbocycles. The third-order valence-electron chi connectivity index (χ3n) is 2.60. The van der Waals surface area contributed by atoms with Crippen LogP contribution in [0.2, 0.25) is 0 Å². The molecule has 96 valence electrons. The Hall–Kier alpha value is -2.42. The van der Waals surface area contributed by atoms with E-state index in [-0.39, 0.29) is 5.82 Å². The number of esters is 1. The molecule has 0 atom stereocenters. The standard InChI is InChI=1S/C16H13FO2/c1-12(13-5-3-2-4-6-13)11-16(18)19-15-9-7-14(17)8-10-15/h2-11H,1H3. The largest absolute Gasteiger partial charge is 0.423 e. The smallest absolute Gasteiger partial charge is 0.336 e. The van der Waals surface area contributed by atoms with Gasteiger partial charge in [0.25, 0.3) is 0 Å². The molecule has 0 aliphatic carbocycles. The van der Waals surface area contributed by atoms with Gasteiger partial charge in [-0.25, -0.2) is 9.18 Å². The molecule has 0 bridgehead atoms. The number of rotatable bonds is 3. The lowest BCUT2D eigenvalue weighted by molar-refractivity contribution is -0.128. The van der Waals surface area contributed by atoms with E-state index in [1.807, 2.05) is 37.3 Å². The molecular weight excluding hydrogens is 243 g/mol. The van der Waals surface area contributed by atoms with Gasteiger partial charge in [0.05, 0.1) is 0 Å². The normalized spacial score (nSPS) is 11.2. The summed E-state index contributed by atoms with van der Waals surface area (Å²) < 4.78 is 17.8. The van der Waals surface area contributed by atoms with Crippen molar-refractivity contribution >= 4 is 11.5 Å². The Morgan fingerprint density at radius 3 is 2.32 bits per heavy atom. The number of hydrogen-bond acceptors (Lipinski definition) is 2. The summed E-state index contributed by atoms with van der Waals surface area (Å²) in [5.74, 6) is -0.521. The molecule has 2 nitrogen and oxygen atoms in total. The Morgan fingerprint density at radius 2 is 1.68 bits per heavy atom. The molecule has 2 aromatic rings. The number of hydrogen-bond donors (Lipinski definition) is 0. The Kier molecular flexibility index (Phi) is 4.08. The molecule has 2 rings (SSSR count). The molecule has 19 heavy (non-hydrogen) atoms. The van der Waals surface area contributed by atoms with Crippen molar-refractivity contribution in [2.45, 2.75) is 6.92 Å². The van der Waals surface area contributed by atoms with Gasteiger partial charge in [-0.05, 0) is 42.3 Å². The second-order valence-electron chi connectivity index (χ2n) is 4.07. The molecule has 3 heteroatoms. The summed E-state index contributed by atoms with van der Waals surface area (Å²) in [6, 6.07) is 14.9. The van der Waals surface area contributed by atoms with Crippen LogP contribution in [-0.2, 0) is 4.79 Å². The van der Waals surface area contributed by atoms with Crippen LogP contribution < -0.4 is 4.74 Å². The van der Waals surface area contributed by atoms with Gasteiger partial charge in [-0.15, -0.1) is 0 Å². The van der Waals surface area contributed by atoms with E-state index in [1.54, 1.807) is 0 Å². The first-order valence-electron chi connectivity index (χ1n) is 5.86. The summed E-state index contributed by atoms with van der Waals surface area (Å²) in [7, 11) is 0. The van der Waals surface area contributed by atoms with Gasteiger partial charge >= 0.3 is 5.97 Å². The van der Waals surface area contributed by atoms with Crippen molar-refractivity contribution in [1.29, 1.82) is 0 Å². The Bertz CT molecular complexity index is 586. The minimum absolute atomic E-state index is 0.323. The molecule has 0 radical (unpaired) electrons. The van der Waals surface area contributed by atoms with E-state index < -0.39 is 5.97 Å². The molecule has 0 aromatic heterocycles. The fourth-order valence-corrected chi connectivity index (χ4v) is 1.61. The SMILES string of the molecule is CC(=CC(=O)Oc1ccc(F)cc1)c1ccccc1. The van der Waals surface area contributed by atoms with E-state index in [0.717, 1.165) is 11.1 Å². The highest BCUT2D eigenvalue weighted by Crippen LogP contribution is 2.15. The fourth-order valence-electron chi connectivity index (χ4n) is 1.61. The molecule has 0 heterocycles. The van der Waals surface area contributed by atoms with Gasteiger partial charge in [0.1, 0.15) is 11.6 Å². The van der Waals surface area contributed by atoms with Crippen LogP contribution in [0.5, 0.6) is 5.75 Å². The molecule has 0 fully saturated rings. The molecule has 0 amide bonds. The van der Waals surface area contributed by atoms with Crippen LogP contribution in [0.15, 0.2) is 60.7 Å². The summed E-state index contributed by atoms with van der Waals surface area (Å²) in [4.78, 5) is 11.7. The molecule has 0 N–H and O–H groups in total. The number of ether oxygens (including phenoxy) is 1. The lowest BCUT2D eigenvalue weighted by atomic mass is 10.1. The van der Waals surface area contributed by atoms with Gasteiger partial charge in [-0.1, -0.05) is 30.3 Å². The van der Waals surface area contributed by atoms with Crippen LogP contribution in [0.25, 0.3) is 5.57 Å².